The van der Waals surface area contributed by atoms with Crippen molar-refractivity contribution in [2.45, 2.75) is 71.3 Å². The third-order valence-corrected chi connectivity index (χ3v) is 8.68. The molecule has 1 aliphatic carbocycles. The molecule has 1 amide bonds. The molecule has 5 rings (SSSR count). The standard InChI is InChI=1S/C36H43N3O3/c1-5-8-9-14-34(41)39-32-13-11-10-12-30(32)37-31-23-27(25-17-21-29(42-4)22-18-25)24-33(40)35(31)36(39)26-15-19-28(20-16-26)38(6-2)7-3/h10-13,15-22,27,36-37H,5-9,14,23-24H2,1-4H3/t27-,36+/m1/s1. The number of unbranched alkanes of at least 4 members (excludes halogenated alkanes) is 2. The number of carbonyl (C=O) groups excluding carboxylic acids is 2. The number of fused-ring (bicyclic) bond motifs is 1. The molecule has 0 spiro atoms. The zero-order valence-corrected chi connectivity index (χ0v) is 25.4. The number of Topliss-reactive ketones (excluding diaryl/α,β-unsaturated/α-hetero) is 1. The summed E-state index contributed by atoms with van der Waals surface area (Å²) in [6, 6.07) is 23.9. The van der Waals surface area contributed by atoms with Crippen LogP contribution in [0.25, 0.3) is 0 Å². The van der Waals surface area contributed by atoms with E-state index in [-0.39, 0.29) is 17.6 Å². The van der Waals surface area contributed by atoms with Crippen molar-refractivity contribution in [3.8, 4) is 5.75 Å². The maximum absolute atomic E-state index is 14.3. The number of benzene rings is 3. The van der Waals surface area contributed by atoms with Crippen LogP contribution < -0.4 is 19.9 Å². The van der Waals surface area contributed by atoms with E-state index in [0.29, 0.717) is 24.8 Å². The van der Waals surface area contributed by atoms with Crippen molar-refractivity contribution in [3.05, 3.63) is 95.2 Å². The molecule has 6 nitrogen and oxygen atoms in total. The van der Waals surface area contributed by atoms with Crippen molar-refractivity contribution in [2.75, 3.05) is 35.3 Å². The molecule has 0 aromatic heterocycles. The highest BCUT2D eigenvalue weighted by molar-refractivity contribution is 6.06. The van der Waals surface area contributed by atoms with Gasteiger partial charge < -0.3 is 15.0 Å². The number of allylic oxidation sites excluding steroid dienone is 1. The van der Waals surface area contributed by atoms with Crippen molar-refractivity contribution in [1.82, 2.24) is 0 Å². The number of nitrogens with zero attached hydrogens (tertiary/aromatic N) is 2. The molecule has 1 heterocycles. The van der Waals surface area contributed by atoms with Gasteiger partial charge in [0.1, 0.15) is 5.75 Å². The second-order valence-electron chi connectivity index (χ2n) is 11.2. The van der Waals surface area contributed by atoms with Crippen LogP contribution in [0.1, 0.15) is 82.4 Å². The fourth-order valence-corrected chi connectivity index (χ4v) is 6.40. The Labute approximate surface area is 250 Å². The fourth-order valence-electron chi connectivity index (χ4n) is 6.40. The van der Waals surface area contributed by atoms with Gasteiger partial charge in [-0.15, -0.1) is 0 Å². The van der Waals surface area contributed by atoms with Gasteiger partial charge in [-0.3, -0.25) is 14.5 Å². The van der Waals surface area contributed by atoms with Crippen LogP contribution >= 0.6 is 0 Å². The van der Waals surface area contributed by atoms with Crippen LogP contribution in [0.3, 0.4) is 0 Å². The Hall–Kier alpha value is -4.06. The summed E-state index contributed by atoms with van der Waals surface area (Å²) >= 11 is 0. The maximum Gasteiger partial charge on any atom is 0.227 e. The number of ketones is 1. The van der Waals surface area contributed by atoms with Gasteiger partial charge in [-0.2, -0.15) is 0 Å². The largest absolute Gasteiger partial charge is 0.497 e. The molecule has 0 saturated heterocycles. The highest BCUT2D eigenvalue weighted by Crippen LogP contribution is 2.48. The van der Waals surface area contributed by atoms with Crippen molar-refractivity contribution in [1.29, 1.82) is 0 Å². The first-order valence-corrected chi connectivity index (χ1v) is 15.4. The maximum atomic E-state index is 14.3. The molecule has 220 valence electrons. The number of hydrogen-bond acceptors (Lipinski definition) is 5. The van der Waals surface area contributed by atoms with E-state index in [1.165, 1.54) is 0 Å². The first-order valence-electron chi connectivity index (χ1n) is 15.4. The van der Waals surface area contributed by atoms with Crippen LogP contribution in [0.5, 0.6) is 5.75 Å². The molecule has 42 heavy (non-hydrogen) atoms. The number of carbonyl (C=O) groups is 2. The van der Waals surface area contributed by atoms with Gasteiger partial charge in [0.25, 0.3) is 0 Å². The van der Waals surface area contributed by atoms with E-state index in [9.17, 15) is 9.59 Å². The molecule has 0 unspecified atom stereocenters. The van der Waals surface area contributed by atoms with Gasteiger partial charge in [0.15, 0.2) is 5.78 Å². The summed E-state index contributed by atoms with van der Waals surface area (Å²) in [4.78, 5) is 32.6. The minimum absolute atomic E-state index is 0.0410. The van der Waals surface area contributed by atoms with Gasteiger partial charge >= 0.3 is 0 Å². The predicted octanol–water partition coefficient (Wildman–Crippen LogP) is 8.02. The zero-order valence-electron chi connectivity index (χ0n) is 25.4. The van der Waals surface area contributed by atoms with Crippen molar-refractivity contribution >= 4 is 28.8 Å². The van der Waals surface area contributed by atoms with Gasteiger partial charge in [0.05, 0.1) is 24.5 Å². The quantitative estimate of drug-likeness (QED) is 0.252. The predicted molar refractivity (Wildman–Crippen MR) is 171 cm³/mol. The third-order valence-electron chi connectivity index (χ3n) is 8.68. The number of methoxy groups -OCH3 is 1. The molecule has 0 fully saturated rings. The Kier molecular flexibility index (Phi) is 9.31. The van der Waals surface area contributed by atoms with E-state index in [2.05, 4.69) is 67.4 Å². The molecule has 3 aromatic carbocycles. The molecule has 2 aliphatic rings. The lowest BCUT2D eigenvalue weighted by atomic mass is 9.78. The van der Waals surface area contributed by atoms with Gasteiger partial charge in [0.2, 0.25) is 5.91 Å². The Morgan fingerprint density at radius 2 is 1.60 bits per heavy atom. The van der Waals surface area contributed by atoms with Crippen LogP contribution in [0.2, 0.25) is 0 Å². The molecule has 0 radical (unpaired) electrons. The number of anilines is 3. The topological polar surface area (TPSA) is 61.9 Å². The van der Waals surface area contributed by atoms with Crippen LogP contribution in [0, 0.1) is 0 Å². The lowest BCUT2D eigenvalue weighted by Crippen LogP contribution is -2.38. The van der Waals surface area contributed by atoms with E-state index in [1.807, 2.05) is 41.3 Å². The van der Waals surface area contributed by atoms with E-state index >= 15 is 0 Å². The fraction of sp³-hybridized carbons (Fsp3) is 0.389. The number of amides is 1. The van der Waals surface area contributed by atoms with Crippen molar-refractivity contribution < 1.29 is 14.3 Å². The third kappa shape index (κ3) is 5.94. The van der Waals surface area contributed by atoms with Crippen LogP contribution in [-0.4, -0.2) is 31.9 Å². The van der Waals surface area contributed by atoms with Crippen molar-refractivity contribution in [2.24, 2.45) is 0 Å². The zero-order chi connectivity index (χ0) is 29.6. The molecule has 2 atom stereocenters. The molecule has 6 heteroatoms. The summed E-state index contributed by atoms with van der Waals surface area (Å²) in [6.07, 6.45) is 4.40. The Morgan fingerprint density at radius 3 is 2.26 bits per heavy atom. The highest BCUT2D eigenvalue weighted by Gasteiger charge is 2.41. The molecule has 1 aliphatic heterocycles. The minimum atomic E-state index is -0.500. The number of nitrogens with one attached hydrogen (secondary N) is 1. The van der Waals surface area contributed by atoms with Gasteiger partial charge in [-0.25, -0.2) is 0 Å². The Balaban J connectivity index is 1.63. The summed E-state index contributed by atoms with van der Waals surface area (Å²) in [5.41, 5.74) is 6.50. The summed E-state index contributed by atoms with van der Waals surface area (Å²) in [6.45, 7) is 8.28. The first-order chi connectivity index (χ1) is 20.5. The molecular formula is C36H43N3O3. The highest BCUT2D eigenvalue weighted by atomic mass is 16.5. The van der Waals surface area contributed by atoms with E-state index < -0.39 is 6.04 Å². The second-order valence-corrected chi connectivity index (χ2v) is 11.2. The number of rotatable bonds is 10. The van der Waals surface area contributed by atoms with Crippen LogP contribution in [-0.2, 0) is 9.59 Å². The van der Waals surface area contributed by atoms with E-state index in [1.54, 1.807) is 7.11 Å². The van der Waals surface area contributed by atoms with Gasteiger partial charge in [-0.1, -0.05) is 56.2 Å². The average molecular weight is 566 g/mol. The monoisotopic (exact) mass is 565 g/mol. The second kappa shape index (κ2) is 13.3. The Bertz CT molecular complexity index is 1420. The molecule has 3 aromatic rings. The summed E-state index contributed by atoms with van der Waals surface area (Å²) in [5, 5.41) is 3.65. The lowest BCUT2D eigenvalue weighted by molar-refractivity contribution is -0.119. The van der Waals surface area contributed by atoms with Crippen LogP contribution in [0.15, 0.2) is 84.1 Å². The number of para-hydroxylation sites is 2. The minimum Gasteiger partial charge on any atom is -0.497 e. The molecular weight excluding hydrogens is 522 g/mol. The normalized spacial score (nSPS) is 18.1. The van der Waals surface area contributed by atoms with Gasteiger partial charge in [-0.05, 0) is 80.1 Å². The Morgan fingerprint density at radius 1 is 0.905 bits per heavy atom. The molecule has 0 saturated carbocycles. The smallest absolute Gasteiger partial charge is 0.227 e. The average Bonchev–Trinajstić information content (AvgIpc) is 3.17. The van der Waals surface area contributed by atoms with E-state index in [4.69, 9.17) is 4.74 Å². The van der Waals surface area contributed by atoms with E-state index in [0.717, 1.165) is 72.0 Å². The number of hydrogen-bond donors (Lipinski definition) is 1. The molecule has 1 N–H and O–H groups in total. The van der Waals surface area contributed by atoms with Gasteiger partial charge in [0, 0.05) is 42.9 Å². The summed E-state index contributed by atoms with van der Waals surface area (Å²) in [7, 11) is 1.66. The summed E-state index contributed by atoms with van der Waals surface area (Å²) in [5.74, 6) is 0.975. The number of ether oxygens (including phenoxy) is 1. The van der Waals surface area contributed by atoms with Crippen molar-refractivity contribution in [3.63, 3.8) is 0 Å². The first kappa shape index (κ1) is 29.4. The SMILES string of the molecule is CCCCCC(=O)N1c2ccccc2NC2=C(C(=O)C[C@H](c3ccc(OC)cc3)C2)[C@@H]1c1ccc(N(CC)CC)cc1. The summed E-state index contributed by atoms with van der Waals surface area (Å²) < 4.78 is 5.36. The van der Waals surface area contributed by atoms with Crippen LogP contribution in [0.4, 0.5) is 17.1 Å². The lowest BCUT2D eigenvalue weighted by Gasteiger charge is -2.35. The molecule has 0 bridgehead atoms.